The normalized spacial score (nSPS) is 18.0. The molecule has 1 amide bonds. The summed E-state index contributed by atoms with van der Waals surface area (Å²) in [4.78, 5) is 19.7. The van der Waals surface area contributed by atoms with Crippen LogP contribution in [0.4, 0.5) is 22.7 Å². The van der Waals surface area contributed by atoms with E-state index in [1.165, 1.54) is 36.5 Å². The molecule has 2 aromatic heterocycles. The lowest BCUT2D eigenvalue weighted by molar-refractivity contribution is -0.134. The van der Waals surface area contributed by atoms with Crippen molar-refractivity contribution in [1.29, 1.82) is 0 Å². The maximum Gasteiger partial charge on any atom is 0.427 e. The molecule has 2 atom stereocenters. The van der Waals surface area contributed by atoms with Crippen LogP contribution in [0.1, 0.15) is 11.8 Å². The molecule has 1 aromatic carbocycles. The number of pyridine rings is 1. The molecule has 4 rings (SSSR count). The van der Waals surface area contributed by atoms with Gasteiger partial charge >= 0.3 is 6.18 Å². The van der Waals surface area contributed by atoms with Crippen LogP contribution in [0.15, 0.2) is 72.5 Å². The van der Waals surface area contributed by atoms with Gasteiger partial charge in [-0.1, -0.05) is 36.5 Å². The largest absolute Gasteiger partial charge is 0.486 e. The molecule has 1 N–H and O–H groups in total. The molecule has 1 aliphatic carbocycles. The number of alkyl halides is 3. The first-order valence-electron chi connectivity index (χ1n) is 9.84. The second-order valence-electron chi connectivity index (χ2n) is 7.24. The van der Waals surface area contributed by atoms with Crippen molar-refractivity contribution in [1.82, 2.24) is 9.97 Å². The Morgan fingerprint density at radius 3 is 2.58 bits per heavy atom. The number of benzene rings is 1. The van der Waals surface area contributed by atoms with E-state index in [9.17, 15) is 22.4 Å². The number of aromatic nitrogens is 2. The second-order valence-corrected chi connectivity index (χ2v) is 8.24. The average Bonchev–Trinajstić information content (AvgIpc) is 3.22. The number of amides is 1. The molecule has 0 saturated heterocycles. The highest BCUT2D eigenvalue weighted by atomic mass is 32.1. The van der Waals surface area contributed by atoms with E-state index in [0.717, 1.165) is 0 Å². The van der Waals surface area contributed by atoms with Gasteiger partial charge in [0.15, 0.2) is 5.13 Å². The number of carbonyl (C=O) groups excluding carboxylic acids is 1. The van der Waals surface area contributed by atoms with Gasteiger partial charge in [-0.3, -0.25) is 15.1 Å². The fourth-order valence-corrected chi connectivity index (χ4v) is 3.96. The summed E-state index contributed by atoms with van der Waals surface area (Å²) in [7, 11) is 0. The Labute approximate surface area is 190 Å². The average molecular weight is 475 g/mol. The predicted octanol–water partition coefficient (Wildman–Crippen LogP) is 5.88. The summed E-state index contributed by atoms with van der Waals surface area (Å²) < 4.78 is 59.6. The van der Waals surface area contributed by atoms with Gasteiger partial charge in [0.1, 0.15) is 28.2 Å². The van der Waals surface area contributed by atoms with Gasteiger partial charge in [0.25, 0.3) is 5.91 Å². The number of rotatable bonds is 5. The first kappa shape index (κ1) is 22.7. The van der Waals surface area contributed by atoms with Crippen molar-refractivity contribution in [2.75, 3.05) is 5.32 Å². The molecular weight excluding hydrogens is 458 g/mol. The number of hydrogen-bond donors (Lipinski definition) is 1. The van der Waals surface area contributed by atoms with Crippen molar-refractivity contribution >= 4 is 22.4 Å². The lowest BCUT2D eigenvalue weighted by Crippen LogP contribution is -2.26. The van der Waals surface area contributed by atoms with E-state index in [1.54, 1.807) is 30.4 Å². The van der Waals surface area contributed by atoms with Crippen LogP contribution < -0.4 is 10.1 Å². The molecule has 10 heteroatoms. The van der Waals surface area contributed by atoms with Crippen LogP contribution in [0.5, 0.6) is 5.75 Å². The zero-order chi connectivity index (χ0) is 23.6. The molecule has 1 aliphatic rings. The number of nitrogens with zero attached hydrogens (tertiary/aromatic N) is 2. The molecule has 170 valence electrons. The van der Waals surface area contributed by atoms with Crippen molar-refractivity contribution < 1.29 is 27.1 Å². The highest BCUT2D eigenvalue weighted by molar-refractivity contribution is 7.16. The van der Waals surface area contributed by atoms with Gasteiger partial charge in [0.05, 0.1) is 5.69 Å². The van der Waals surface area contributed by atoms with Gasteiger partial charge in [-0.2, -0.15) is 13.2 Å². The van der Waals surface area contributed by atoms with Crippen LogP contribution >= 0.6 is 11.3 Å². The number of anilines is 1. The van der Waals surface area contributed by atoms with Crippen LogP contribution in [0, 0.1) is 11.7 Å². The fourth-order valence-electron chi connectivity index (χ4n) is 3.12. The minimum absolute atomic E-state index is 0.0555. The Bertz CT molecular complexity index is 1200. The maximum absolute atomic E-state index is 13.5. The lowest BCUT2D eigenvalue weighted by atomic mass is 9.95. The molecule has 33 heavy (non-hydrogen) atoms. The van der Waals surface area contributed by atoms with Crippen LogP contribution in [0.25, 0.3) is 11.4 Å². The number of carbonyl (C=O) groups is 1. The highest BCUT2D eigenvalue weighted by Gasteiger charge is 2.38. The van der Waals surface area contributed by atoms with E-state index < -0.39 is 28.9 Å². The summed E-state index contributed by atoms with van der Waals surface area (Å²) >= 11 is 0.333. The number of nitrogens with one attached hydrogen (secondary N) is 1. The summed E-state index contributed by atoms with van der Waals surface area (Å²) in [5, 5.41) is 2.24. The minimum Gasteiger partial charge on any atom is -0.486 e. The van der Waals surface area contributed by atoms with Gasteiger partial charge in [-0.15, -0.1) is 0 Å². The van der Waals surface area contributed by atoms with E-state index in [1.807, 2.05) is 6.92 Å². The van der Waals surface area contributed by atoms with Crippen LogP contribution in [0.2, 0.25) is 0 Å². The third kappa shape index (κ3) is 5.28. The van der Waals surface area contributed by atoms with E-state index in [2.05, 4.69) is 15.3 Å². The van der Waals surface area contributed by atoms with E-state index in [4.69, 9.17) is 4.74 Å². The molecule has 0 spiro atoms. The van der Waals surface area contributed by atoms with Crippen molar-refractivity contribution in [3.05, 3.63) is 83.2 Å². The first-order valence-corrected chi connectivity index (χ1v) is 10.7. The molecule has 0 aliphatic heterocycles. The Morgan fingerprint density at radius 1 is 1.15 bits per heavy atom. The number of halogens is 4. The van der Waals surface area contributed by atoms with Crippen molar-refractivity contribution in [3.63, 3.8) is 0 Å². The molecular formula is C23H17F4N3O2S. The molecule has 0 fully saturated rings. The first-order chi connectivity index (χ1) is 15.7. The van der Waals surface area contributed by atoms with Gasteiger partial charge < -0.3 is 4.74 Å². The third-order valence-electron chi connectivity index (χ3n) is 4.80. The summed E-state index contributed by atoms with van der Waals surface area (Å²) in [5.41, 5.74) is -0.0778. The number of thiazole rings is 1. The summed E-state index contributed by atoms with van der Waals surface area (Å²) in [5.74, 6) is -0.685. The van der Waals surface area contributed by atoms with Crippen LogP contribution in [-0.2, 0) is 11.0 Å². The molecule has 0 saturated carbocycles. The molecule has 0 radical (unpaired) electrons. The Hall–Kier alpha value is -3.53. The SMILES string of the molecule is CC1C=CC(C(=O)Nc2nc(-c3ccccn3)c(C(F)(F)F)s2)=CC1Oc1ccc(F)cc1. The standard InChI is InChI=1S/C23H17F4N3O2S/c1-13-5-6-14(12-18(13)32-16-9-7-15(24)8-10-16)21(31)30-22-29-19(17-4-2-3-11-28-17)20(33-22)23(25,26)27/h2-13,18H,1H3,(H,29,30,31). The topological polar surface area (TPSA) is 64.1 Å². The third-order valence-corrected chi connectivity index (χ3v) is 5.82. The summed E-state index contributed by atoms with van der Waals surface area (Å²) in [6.07, 6.45) is 1.09. The van der Waals surface area contributed by atoms with E-state index in [-0.39, 0.29) is 28.0 Å². The number of ether oxygens (including phenoxy) is 1. The molecule has 3 aromatic rings. The van der Waals surface area contributed by atoms with Crippen molar-refractivity contribution in [2.24, 2.45) is 5.92 Å². The van der Waals surface area contributed by atoms with Crippen molar-refractivity contribution in [3.8, 4) is 17.1 Å². The monoisotopic (exact) mass is 475 g/mol. The Morgan fingerprint density at radius 2 is 1.91 bits per heavy atom. The van der Waals surface area contributed by atoms with Crippen LogP contribution in [-0.4, -0.2) is 22.0 Å². The summed E-state index contributed by atoms with van der Waals surface area (Å²) in [6.45, 7) is 1.88. The predicted molar refractivity (Wildman–Crippen MR) is 116 cm³/mol. The van der Waals surface area contributed by atoms with E-state index in [0.29, 0.717) is 17.1 Å². The lowest BCUT2D eigenvalue weighted by Gasteiger charge is -2.24. The zero-order valence-electron chi connectivity index (χ0n) is 17.1. The number of hydrogen-bond acceptors (Lipinski definition) is 5. The zero-order valence-corrected chi connectivity index (χ0v) is 18.0. The van der Waals surface area contributed by atoms with Gasteiger partial charge in [0, 0.05) is 17.7 Å². The maximum atomic E-state index is 13.5. The molecule has 2 unspecified atom stereocenters. The van der Waals surface area contributed by atoms with Crippen molar-refractivity contribution in [2.45, 2.75) is 19.2 Å². The summed E-state index contributed by atoms with van der Waals surface area (Å²) in [6, 6.07) is 10.0. The molecule has 2 heterocycles. The molecule has 0 bridgehead atoms. The Balaban J connectivity index is 1.55. The van der Waals surface area contributed by atoms with Gasteiger partial charge in [0.2, 0.25) is 0 Å². The van der Waals surface area contributed by atoms with Gasteiger partial charge in [-0.25, -0.2) is 9.37 Å². The van der Waals surface area contributed by atoms with Gasteiger partial charge in [-0.05, 0) is 42.5 Å². The van der Waals surface area contributed by atoms with Crippen LogP contribution in [0.3, 0.4) is 0 Å². The fraction of sp³-hybridized carbons (Fsp3) is 0.174. The molecule has 5 nitrogen and oxygen atoms in total. The highest BCUT2D eigenvalue weighted by Crippen LogP contribution is 2.42. The Kier molecular flexibility index (Phi) is 6.28. The quantitative estimate of drug-likeness (QED) is 0.468. The smallest absolute Gasteiger partial charge is 0.427 e. The van der Waals surface area contributed by atoms with E-state index >= 15 is 0 Å². The second kappa shape index (κ2) is 9.14. The minimum atomic E-state index is -4.65.